The third-order valence-electron chi connectivity index (χ3n) is 3.80. The van der Waals surface area contributed by atoms with E-state index < -0.39 is 0 Å². The Bertz CT molecular complexity index is 611. The SMILES string of the molecule is Fc1ccc(Br)c(-c2noc(CCC3CCCNC3)n2)c1. The molecule has 0 saturated carbocycles. The third-order valence-corrected chi connectivity index (χ3v) is 4.49. The normalized spacial score (nSPS) is 18.9. The molecule has 21 heavy (non-hydrogen) atoms. The van der Waals surface area contributed by atoms with Crippen molar-refractivity contribution >= 4 is 15.9 Å². The third kappa shape index (κ3) is 3.68. The maximum Gasteiger partial charge on any atom is 0.226 e. The number of rotatable bonds is 4. The van der Waals surface area contributed by atoms with Gasteiger partial charge in [-0.2, -0.15) is 4.98 Å². The second kappa shape index (κ2) is 6.66. The van der Waals surface area contributed by atoms with Gasteiger partial charge in [0.1, 0.15) is 5.82 Å². The first-order valence-electron chi connectivity index (χ1n) is 7.21. The summed E-state index contributed by atoms with van der Waals surface area (Å²) in [5.41, 5.74) is 0.615. The van der Waals surface area contributed by atoms with Gasteiger partial charge in [-0.1, -0.05) is 21.1 Å². The average Bonchev–Trinajstić information content (AvgIpc) is 2.97. The van der Waals surface area contributed by atoms with Gasteiger partial charge >= 0.3 is 0 Å². The van der Waals surface area contributed by atoms with Gasteiger partial charge in [0.25, 0.3) is 0 Å². The lowest BCUT2D eigenvalue weighted by atomic mass is 9.95. The number of nitrogens with one attached hydrogen (secondary N) is 1. The van der Waals surface area contributed by atoms with Crippen molar-refractivity contribution in [2.45, 2.75) is 25.7 Å². The number of piperidine rings is 1. The van der Waals surface area contributed by atoms with Crippen molar-refractivity contribution < 1.29 is 8.91 Å². The minimum atomic E-state index is -0.312. The molecule has 1 aromatic heterocycles. The first-order valence-corrected chi connectivity index (χ1v) is 8.00. The molecular formula is C15H17BrFN3O. The van der Waals surface area contributed by atoms with Gasteiger partial charge in [0.05, 0.1) is 0 Å². The number of hydrogen-bond donors (Lipinski definition) is 1. The summed E-state index contributed by atoms with van der Waals surface area (Å²) in [5.74, 6) is 1.41. The van der Waals surface area contributed by atoms with Crippen LogP contribution >= 0.6 is 15.9 Å². The zero-order valence-corrected chi connectivity index (χ0v) is 13.2. The highest BCUT2D eigenvalue weighted by atomic mass is 79.9. The highest BCUT2D eigenvalue weighted by Gasteiger charge is 2.16. The van der Waals surface area contributed by atoms with E-state index >= 15 is 0 Å². The van der Waals surface area contributed by atoms with Crippen LogP contribution in [0.15, 0.2) is 27.2 Å². The number of hydrogen-bond acceptors (Lipinski definition) is 4. The lowest BCUT2D eigenvalue weighted by molar-refractivity contribution is 0.327. The second-order valence-electron chi connectivity index (χ2n) is 5.39. The fraction of sp³-hybridized carbons (Fsp3) is 0.467. The number of benzene rings is 1. The van der Waals surface area contributed by atoms with E-state index in [1.807, 2.05) is 0 Å². The molecule has 112 valence electrons. The summed E-state index contributed by atoms with van der Waals surface area (Å²) in [7, 11) is 0. The minimum Gasteiger partial charge on any atom is -0.339 e. The fourth-order valence-electron chi connectivity index (χ4n) is 2.63. The summed E-state index contributed by atoms with van der Waals surface area (Å²) in [5, 5.41) is 7.36. The molecule has 4 nitrogen and oxygen atoms in total. The van der Waals surface area contributed by atoms with Crippen LogP contribution in [-0.2, 0) is 6.42 Å². The van der Waals surface area contributed by atoms with Gasteiger partial charge in [-0.15, -0.1) is 0 Å². The van der Waals surface area contributed by atoms with Gasteiger partial charge in [0.15, 0.2) is 0 Å². The molecule has 0 bridgehead atoms. The Balaban J connectivity index is 1.66. The van der Waals surface area contributed by atoms with E-state index in [4.69, 9.17) is 4.52 Å². The van der Waals surface area contributed by atoms with Crippen molar-refractivity contribution in [2.24, 2.45) is 5.92 Å². The van der Waals surface area contributed by atoms with Crippen molar-refractivity contribution in [1.29, 1.82) is 0 Å². The van der Waals surface area contributed by atoms with Crippen molar-refractivity contribution in [3.8, 4) is 11.4 Å². The largest absolute Gasteiger partial charge is 0.339 e. The van der Waals surface area contributed by atoms with Crippen molar-refractivity contribution in [1.82, 2.24) is 15.5 Å². The molecule has 1 N–H and O–H groups in total. The Morgan fingerprint density at radius 3 is 3.14 bits per heavy atom. The van der Waals surface area contributed by atoms with E-state index in [2.05, 4.69) is 31.4 Å². The zero-order valence-electron chi connectivity index (χ0n) is 11.6. The van der Waals surface area contributed by atoms with Crippen molar-refractivity contribution in [3.05, 3.63) is 34.4 Å². The standard InChI is InChI=1S/C15H17BrFN3O/c16-13-5-4-11(17)8-12(13)15-19-14(21-20-15)6-3-10-2-1-7-18-9-10/h4-5,8,10,18H,1-3,6-7,9H2. The highest BCUT2D eigenvalue weighted by Crippen LogP contribution is 2.27. The van der Waals surface area contributed by atoms with E-state index in [1.54, 1.807) is 6.07 Å². The number of aromatic nitrogens is 2. The smallest absolute Gasteiger partial charge is 0.226 e. The maximum absolute atomic E-state index is 13.3. The second-order valence-corrected chi connectivity index (χ2v) is 6.24. The molecule has 1 fully saturated rings. The van der Waals surface area contributed by atoms with Crippen LogP contribution in [0.3, 0.4) is 0 Å². The molecular weight excluding hydrogens is 337 g/mol. The predicted molar refractivity (Wildman–Crippen MR) is 81.3 cm³/mol. The Kier molecular flexibility index (Phi) is 4.65. The van der Waals surface area contributed by atoms with E-state index in [9.17, 15) is 4.39 Å². The Labute approximate surface area is 131 Å². The van der Waals surface area contributed by atoms with Gasteiger partial charge in [0, 0.05) is 16.5 Å². The molecule has 2 heterocycles. The van der Waals surface area contributed by atoms with E-state index in [0.717, 1.165) is 30.4 Å². The van der Waals surface area contributed by atoms with Gasteiger partial charge < -0.3 is 9.84 Å². The molecule has 1 atom stereocenters. The van der Waals surface area contributed by atoms with Crippen LogP contribution in [0.25, 0.3) is 11.4 Å². The van der Waals surface area contributed by atoms with Crippen molar-refractivity contribution in [2.75, 3.05) is 13.1 Å². The molecule has 2 aromatic rings. The first kappa shape index (κ1) is 14.7. The molecule has 1 aliphatic rings. The lowest BCUT2D eigenvalue weighted by Crippen LogP contribution is -2.29. The molecule has 1 aliphatic heterocycles. The molecule has 3 rings (SSSR count). The summed E-state index contributed by atoms with van der Waals surface area (Å²) < 4.78 is 19.4. The van der Waals surface area contributed by atoms with Crippen LogP contribution in [0, 0.1) is 11.7 Å². The summed E-state index contributed by atoms with van der Waals surface area (Å²) in [4.78, 5) is 4.37. The van der Waals surface area contributed by atoms with Crippen LogP contribution in [0.1, 0.15) is 25.2 Å². The molecule has 6 heteroatoms. The Morgan fingerprint density at radius 2 is 2.33 bits per heavy atom. The van der Waals surface area contributed by atoms with Crippen LogP contribution in [0.4, 0.5) is 4.39 Å². The first-order chi connectivity index (χ1) is 10.2. The van der Waals surface area contributed by atoms with Gasteiger partial charge in [-0.05, 0) is 56.5 Å². The predicted octanol–water partition coefficient (Wildman–Crippen LogP) is 3.57. The summed E-state index contributed by atoms with van der Waals surface area (Å²) >= 11 is 3.38. The Morgan fingerprint density at radius 1 is 1.43 bits per heavy atom. The molecule has 1 saturated heterocycles. The highest BCUT2D eigenvalue weighted by molar-refractivity contribution is 9.10. The summed E-state index contributed by atoms with van der Waals surface area (Å²) in [6.45, 7) is 2.19. The monoisotopic (exact) mass is 353 g/mol. The lowest BCUT2D eigenvalue weighted by Gasteiger charge is -2.21. The fourth-order valence-corrected chi connectivity index (χ4v) is 3.06. The quantitative estimate of drug-likeness (QED) is 0.912. The molecule has 0 aliphatic carbocycles. The van der Waals surface area contributed by atoms with Crippen LogP contribution in [-0.4, -0.2) is 23.2 Å². The summed E-state index contributed by atoms with van der Waals surface area (Å²) in [6, 6.07) is 4.45. The number of nitrogens with zero attached hydrogens (tertiary/aromatic N) is 2. The maximum atomic E-state index is 13.3. The topological polar surface area (TPSA) is 51.0 Å². The molecule has 0 spiro atoms. The molecule has 0 amide bonds. The molecule has 1 aromatic carbocycles. The van der Waals surface area contributed by atoms with E-state index in [0.29, 0.717) is 23.2 Å². The van der Waals surface area contributed by atoms with Crippen LogP contribution in [0.2, 0.25) is 0 Å². The van der Waals surface area contributed by atoms with Gasteiger partial charge in [0.2, 0.25) is 11.7 Å². The molecule has 0 radical (unpaired) electrons. The Hall–Kier alpha value is -1.27. The van der Waals surface area contributed by atoms with Gasteiger partial charge in [-0.3, -0.25) is 0 Å². The van der Waals surface area contributed by atoms with Crippen molar-refractivity contribution in [3.63, 3.8) is 0 Å². The zero-order chi connectivity index (χ0) is 14.7. The van der Waals surface area contributed by atoms with E-state index in [1.165, 1.54) is 25.0 Å². The molecule has 1 unspecified atom stereocenters. The number of halogens is 2. The number of aryl methyl sites for hydroxylation is 1. The summed E-state index contributed by atoms with van der Waals surface area (Å²) in [6.07, 6.45) is 4.30. The van der Waals surface area contributed by atoms with Crippen LogP contribution < -0.4 is 5.32 Å². The average molecular weight is 354 g/mol. The van der Waals surface area contributed by atoms with Gasteiger partial charge in [-0.25, -0.2) is 4.39 Å². The minimum absolute atomic E-state index is 0.312. The van der Waals surface area contributed by atoms with Crippen LogP contribution in [0.5, 0.6) is 0 Å². The van der Waals surface area contributed by atoms with E-state index in [-0.39, 0.29) is 5.82 Å².